The molecule has 4 nitrogen and oxygen atoms in total. The Hall–Kier alpha value is -0.610. The van der Waals surface area contributed by atoms with Crippen molar-refractivity contribution in [3.8, 4) is 0 Å². The Kier molecular flexibility index (Phi) is 5.92. The van der Waals surface area contributed by atoms with Crippen molar-refractivity contribution in [3.63, 3.8) is 0 Å². The van der Waals surface area contributed by atoms with Crippen molar-refractivity contribution in [2.24, 2.45) is 11.8 Å². The summed E-state index contributed by atoms with van der Waals surface area (Å²) in [5.74, 6) is 0.637. The van der Waals surface area contributed by atoms with Crippen molar-refractivity contribution < 1.29 is 9.53 Å². The molecule has 1 rings (SSSR count). The molecule has 0 N–H and O–H groups in total. The molecule has 1 aliphatic rings. The van der Waals surface area contributed by atoms with E-state index in [9.17, 15) is 4.79 Å². The van der Waals surface area contributed by atoms with E-state index in [-0.39, 0.29) is 11.9 Å². The van der Waals surface area contributed by atoms with Crippen LogP contribution in [0.5, 0.6) is 0 Å². The number of rotatable bonds is 5. The van der Waals surface area contributed by atoms with Gasteiger partial charge in [0.15, 0.2) is 0 Å². The van der Waals surface area contributed by atoms with Crippen LogP contribution in [0.15, 0.2) is 0 Å². The molecule has 1 atom stereocenters. The summed E-state index contributed by atoms with van der Waals surface area (Å²) >= 11 is 0. The Morgan fingerprint density at radius 3 is 2.59 bits per heavy atom. The number of esters is 1. The van der Waals surface area contributed by atoms with Gasteiger partial charge in [0.2, 0.25) is 0 Å². The van der Waals surface area contributed by atoms with Crippen molar-refractivity contribution >= 4 is 5.97 Å². The van der Waals surface area contributed by atoms with E-state index in [1.165, 1.54) is 33.0 Å². The van der Waals surface area contributed by atoms with Crippen LogP contribution in [0, 0.1) is 11.8 Å². The summed E-state index contributed by atoms with van der Waals surface area (Å²) in [7, 11) is 5.73. The summed E-state index contributed by atoms with van der Waals surface area (Å²) in [6, 6.07) is 0. The number of piperidine rings is 1. The topological polar surface area (TPSA) is 32.8 Å². The van der Waals surface area contributed by atoms with Crippen molar-refractivity contribution in [2.45, 2.75) is 19.8 Å². The van der Waals surface area contributed by atoms with Crippen molar-refractivity contribution in [1.29, 1.82) is 0 Å². The lowest BCUT2D eigenvalue weighted by molar-refractivity contribution is -0.145. The number of hydrogen-bond acceptors (Lipinski definition) is 4. The second-order valence-electron chi connectivity index (χ2n) is 5.39. The summed E-state index contributed by atoms with van der Waals surface area (Å²) in [5, 5.41) is 0. The molecule has 0 amide bonds. The van der Waals surface area contributed by atoms with Gasteiger partial charge in [0.1, 0.15) is 0 Å². The summed E-state index contributed by atoms with van der Waals surface area (Å²) in [6.45, 7) is 6.21. The normalized spacial score (nSPS) is 20.5. The summed E-state index contributed by atoms with van der Waals surface area (Å²) in [5.41, 5.74) is 0. The van der Waals surface area contributed by atoms with Gasteiger partial charge in [-0.2, -0.15) is 0 Å². The molecule has 0 aromatic rings. The Labute approximate surface area is 105 Å². The largest absolute Gasteiger partial charge is 0.469 e. The van der Waals surface area contributed by atoms with Crippen LogP contribution < -0.4 is 0 Å². The van der Waals surface area contributed by atoms with Gasteiger partial charge in [-0.1, -0.05) is 6.92 Å². The second kappa shape index (κ2) is 6.97. The van der Waals surface area contributed by atoms with Gasteiger partial charge in [-0.25, -0.2) is 0 Å². The number of likely N-dealkylation sites (tertiary alicyclic amines) is 1. The SMILES string of the molecule is COC(=O)C(C)CN(C)CC1CCN(C)CC1. The highest BCUT2D eigenvalue weighted by molar-refractivity contribution is 5.71. The Morgan fingerprint density at radius 2 is 2.06 bits per heavy atom. The maximum Gasteiger partial charge on any atom is 0.309 e. The zero-order chi connectivity index (χ0) is 12.8. The number of carbonyl (C=O) groups is 1. The lowest BCUT2D eigenvalue weighted by Crippen LogP contribution is -2.38. The van der Waals surface area contributed by atoms with Gasteiger partial charge in [0.05, 0.1) is 13.0 Å². The zero-order valence-corrected chi connectivity index (χ0v) is 11.6. The minimum atomic E-state index is -0.111. The molecule has 0 spiro atoms. The fourth-order valence-corrected chi connectivity index (χ4v) is 2.50. The Bertz CT molecular complexity index is 238. The molecule has 17 heavy (non-hydrogen) atoms. The van der Waals surface area contributed by atoms with Crippen LogP contribution in [0.1, 0.15) is 19.8 Å². The third-order valence-corrected chi connectivity index (χ3v) is 3.60. The van der Waals surface area contributed by atoms with Crippen molar-refractivity contribution in [1.82, 2.24) is 9.80 Å². The maximum absolute atomic E-state index is 11.3. The van der Waals surface area contributed by atoms with Crippen molar-refractivity contribution in [3.05, 3.63) is 0 Å². The first-order valence-corrected chi connectivity index (χ1v) is 6.47. The van der Waals surface area contributed by atoms with E-state index in [2.05, 4.69) is 23.9 Å². The summed E-state index contributed by atoms with van der Waals surface area (Å²) in [4.78, 5) is 16.0. The third kappa shape index (κ3) is 5.04. The van der Waals surface area contributed by atoms with E-state index in [4.69, 9.17) is 4.74 Å². The summed E-state index contributed by atoms with van der Waals surface area (Å²) < 4.78 is 4.74. The predicted molar refractivity (Wildman–Crippen MR) is 68.9 cm³/mol. The zero-order valence-electron chi connectivity index (χ0n) is 11.6. The molecule has 0 bridgehead atoms. The van der Waals surface area contributed by atoms with Gasteiger partial charge < -0.3 is 14.5 Å². The van der Waals surface area contributed by atoms with Gasteiger partial charge in [-0.3, -0.25) is 4.79 Å². The van der Waals surface area contributed by atoms with E-state index in [0.29, 0.717) is 0 Å². The van der Waals surface area contributed by atoms with E-state index >= 15 is 0 Å². The predicted octanol–water partition coefficient (Wildman–Crippen LogP) is 1.07. The first-order chi connectivity index (χ1) is 8.02. The highest BCUT2D eigenvalue weighted by Crippen LogP contribution is 2.17. The van der Waals surface area contributed by atoms with Crippen LogP contribution in [-0.2, 0) is 9.53 Å². The smallest absolute Gasteiger partial charge is 0.309 e. The van der Waals surface area contributed by atoms with E-state index in [1.54, 1.807) is 0 Å². The molecular weight excluding hydrogens is 216 g/mol. The molecule has 1 fully saturated rings. The second-order valence-corrected chi connectivity index (χ2v) is 5.39. The highest BCUT2D eigenvalue weighted by atomic mass is 16.5. The van der Waals surface area contributed by atoms with E-state index in [1.807, 2.05) is 6.92 Å². The van der Waals surface area contributed by atoms with Gasteiger partial charge in [0.25, 0.3) is 0 Å². The van der Waals surface area contributed by atoms with E-state index in [0.717, 1.165) is 19.0 Å². The number of methoxy groups -OCH3 is 1. The van der Waals surface area contributed by atoms with Gasteiger partial charge in [-0.15, -0.1) is 0 Å². The van der Waals surface area contributed by atoms with Crippen LogP contribution in [0.2, 0.25) is 0 Å². The fourth-order valence-electron chi connectivity index (χ4n) is 2.50. The lowest BCUT2D eigenvalue weighted by atomic mass is 9.96. The van der Waals surface area contributed by atoms with Crippen LogP contribution in [0.4, 0.5) is 0 Å². The third-order valence-electron chi connectivity index (χ3n) is 3.60. The van der Waals surface area contributed by atoms with Crippen molar-refractivity contribution in [2.75, 3.05) is 47.4 Å². The lowest BCUT2D eigenvalue weighted by Gasteiger charge is -2.32. The monoisotopic (exact) mass is 242 g/mol. The Balaban J connectivity index is 2.24. The van der Waals surface area contributed by atoms with Crippen LogP contribution in [0.3, 0.4) is 0 Å². The molecule has 1 saturated heterocycles. The highest BCUT2D eigenvalue weighted by Gasteiger charge is 2.20. The van der Waals surface area contributed by atoms with Gasteiger partial charge >= 0.3 is 5.97 Å². The minimum Gasteiger partial charge on any atom is -0.469 e. The molecule has 1 aliphatic heterocycles. The minimum absolute atomic E-state index is 0.0312. The van der Waals surface area contributed by atoms with Gasteiger partial charge in [-0.05, 0) is 45.9 Å². The maximum atomic E-state index is 11.3. The fraction of sp³-hybridized carbons (Fsp3) is 0.923. The first-order valence-electron chi connectivity index (χ1n) is 6.47. The number of nitrogens with zero attached hydrogens (tertiary/aromatic N) is 2. The molecule has 1 heterocycles. The molecule has 0 aromatic carbocycles. The summed E-state index contributed by atoms with van der Waals surface area (Å²) in [6.07, 6.45) is 2.54. The van der Waals surface area contributed by atoms with Gasteiger partial charge in [0, 0.05) is 13.1 Å². The van der Waals surface area contributed by atoms with E-state index < -0.39 is 0 Å². The average molecular weight is 242 g/mol. The number of carbonyl (C=O) groups excluding carboxylic acids is 1. The molecule has 1 unspecified atom stereocenters. The first kappa shape index (κ1) is 14.5. The molecule has 0 aliphatic carbocycles. The molecule has 0 saturated carbocycles. The molecule has 0 radical (unpaired) electrons. The molecule has 0 aromatic heterocycles. The van der Waals surface area contributed by atoms with Crippen LogP contribution in [0.25, 0.3) is 0 Å². The van der Waals surface area contributed by atoms with Crippen LogP contribution in [-0.4, -0.2) is 63.2 Å². The Morgan fingerprint density at radius 1 is 1.47 bits per heavy atom. The molecule has 4 heteroatoms. The molecule has 100 valence electrons. The number of hydrogen-bond donors (Lipinski definition) is 0. The average Bonchev–Trinajstić information content (AvgIpc) is 2.30. The quantitative estimate of drug-likeness (QED) is 0.675. The standard InChI is InChI=1S/C13H26N2O2/c1-11(13(16)17-4)9-15(3)10-12-5-7-14(2)8-6-12/h11-12H,5-10H2,1-4H3. The van der Waals surface area contributed by atoms with Crippen LogP contribution >= 0.6 is 0 Å². The number of ether oxygens (including phenoxy) is 1. The molecular formula is C13H26N2O2.